The first-order chi connectivity index (χ1) is 12.1. The Balaban J connectivity index is 2.09. The lowest BCUT2D eigenvalue weighted by molar-refractivity contribution is 0.175. The monoisotopic (exact) mass is 322 g/mol. The third-order valence-corrected chi connectivity index (χ3v) is 4.52. The van der Waals surface area contributed by atoms with Gasteiger partial charge in [0.25, 0.3) is 0 Å². The Morgan fingerprint density at radius 1 is 1.59 bits per heavy atom. The minimum absolute atomic E-state index is 0.123. The zero-order valence-corrected chi connectivity index (χ0v) is 12.7. The summed E-state index contributed by atoms with van der Waals surface area (Å²) in [6.45, 7) is -2.96. The Bertz CT molecular complexity index is 850. The second-order valence-electron chi connectivity index (χ2n) is 5.69. The zero-order valence-electron chi connectivity index (χ0n) is 16.0. The van der Waals surface area contributed by atoms with Crippen LogP contribution in [0.1, 0.15) is 62.4 Å². The van der Waals surface area contributed by atoms with Crippen LogP contribution >= 0.6 is 11.6 Å². The van der Waals surface area contributed by atoms with E-state index in [1.807, 2.05) is 0 Å². The highest BCUT2D eigenvalue weighted by Gasteiger charge is 2.27. The van der Waals surface area contributed by atoms with Gasteiger partial charge in [0.1, 0.15) is 22.6 Å². The Hall–Kier alpha value is -1.64. The third-order valence-electron chi connectivity index (χ3n) is 4.32. The smallest absolute Gasteiger partial charge is 0.138 e. The van der Waals surface area contributed by atoms with E-state index < -0.39 is 12.9 Å². The molecule has 2 heterocycles. The summed E-state index contributed by atoms with van der Waals surface area (Å²) in [5.41, 5.74) is 0.942. The van der Waals surface area contributed by atoms with Crippen molar-refractivity contribution >= 4 is 22.6 Å². The van der Waals surface area contributed by atoms with Crippen LogP contribution in [0, 0.1) is 17.2 Å². The molecule has 2 aromatic heterocycles. The average Bonchev–Trinajstić information content (AvgIpc) is 2.94. The standard InChI is InChI=1S/C16H19ClN4O/c1-10(22)16-20-13-9-19-15(17)8-14(13)21(16)12-4-2-11(3-5-12)6-7-18/h8-12,22H,2-6H2,1H3/t10?,11-,12-/i1D3,10D. The van der Waals surface area contributed by atoms with Gasteiger partial charge >= 0.3 is 0 Å². The lowest BCUT2D eigenvalue weighted by Crippen LogP contribution is -2.20. The molecule has 0 aliphatic heterocycles. The molecule has 1 fully saturated rings. The molecule has 116 valence electrons. The normalized spacial score (nSPS) is 28.0. The highest BCUT2D eigenvalue weighted by Crippen LogP contribution is 2.37. The maximum atomic E-state index is 10.5. The van der Waals surface area contributed by atoms with Crippen LogP contribution in [-0.4, -0.2) is 19.6 Å². The zero-order chi connectivity index (χ0) is 19.1. The summed E-state index contributed by atoms with van der Waals surface area (Å²) in [6.07, 6.45) is 2.12. The van der Waals surface area contributed by atoms with E-state index in [0.29, 0.717) is 36.2 Å². The molecule has 2 aromatic rings. The van der Waals surface area contributed by atoms with Gasteiger partial charge in [-0.1, -0.05) is 11.6 Å². The van der Waals surface area contributed by atoms with Crippen molar-refractivity contribution in [2.24, 2.45) is 5.92 Å². The molecule has 0 aromatic carbocycles. The number of rotatable bonds is 3. The molecule has 1 atom stereocenters. The number of halogens is 1. The van der Waals surface area contributed by atoms with Gasteiger partial charge in [-0.15, -0.1) is 0 Å². The van der Waals surface area contributed by atoms with Crippen LogP contribution in [0.4, 0.5) is 0 Å². The minimum Gasteiger partial charge on any atom is -0.385 e. The van der Waals surface area contributed by atoms with E-state index in [0.717, 1.165) is 12.8 Å². The number of hydrogen-bond donors (Lipinski definition) is 1. The van der Waals surface area contributed by atoms with Crippen molar-refractivity contribution in [2.75, 3.05) is 0 Å². The van der Waals surface area contributed by atoms with Crippen LogP contribution in [0.15, 0.2) is 12.3 Å². The van der Waals surface area contributed by atoms with Gasteiger partial charge in [0, 0.05) is 22.6 Å². The molecule has 1 saturated carbocycles. The fourth-order valence-electron chi connectivity index (χ4n) is 3.25. The molecule has 1 aliphatic rings. The lowest BCUT2D eigenvalue weighted by atomic mass is 9.84. The van der Waals surface area contributed by atoms with Gasteiger partial charge < -0.3 is 9.67 Å². The second kappa shape index (κ2) is 6.23. The number of aliphatic hydroxyl groups is 1. The van der Waals surface area contributed by atoms with Crippen molar-refractivity contribution in [2.45, 2.75) is 51.1 Å². The highest BCUT2D eigenvalue weighted by molar-refractivity contribution is 6.29. The van der Waals surface area contributed by atoms with Crippen LogP contribution in [-0.2, 0) is 0 Å². The lowest BCUT2D eigenvalue weighted by Gasteiger charge is -2.30. The van der Waals surface area contributed by atoms with E-state index in [-0.39, 0.29) is 17.0 Å². The topological polar surface area (TPSA) is 74.7 Å². The molecule has 1 unspecified atom stereocenters. The Kier molecular flexibility index (Phi) is 3.11. The van der Waals surface area contributed by atoms with Gasteiger partial charge in [-0.25, -0.2) is 9.97 Å². The Labute approximate surface area is 140 Å². The number of hydrogen-bond acceptors (Lipinski definition) is 4. The first kappa shape index (κ1) is 11.0. The van der Waals surface area contributed by atoms with E-state index in [4.69, 9.17) is 22.3 Å². The predicted octanol–water partition coefficient (Wildman–Crippen LogP) is 3.78. The Morgan fingerprint density at radius 2 is 2.36 bits per heavy atom. The quantitative estimate of drug-likeness (QED) is 0.872. The molecular formula is C16H19ClN4O. The number of nitriles is 1. The molecule has 0 radical (unpaired) electrons. The van der Waals surface area contributed by atoms with E-state index in [1.54, 1.807) is 10.6 Å². The van der Waals surface area contributed by atoms with Crippen molar-refractivity contribution in [1.29, 1.82) is 5.26 Å². The summed E-state index contributed by atoms with van der Waals surface area (Å²) in [6, 6.07) is 3.64. The summed E-state index contributed by atoms with van der Waals surface area (Å²) in [7, 11) is 0. The summed E-state index contributed by atoms with van der Waals surface area (Å²) >= 11 is 6.00. The van der Waals surface area contributed by atoms with E-state index in [9.17, 15) is 5.11 Å². The molecular weight excluding hydrogens is 300 g/mol. The highest BCUT2D eigenvalue weighted by atomic mass is 35.5. The molecule has 5 nitrogen and oxygen atoms in total. The molecule has 22 heavy (non-hydrogen) atoms. The molecule has 0 bridgehead atoms. The number of aromatic nitrogens is 3. The van der Waals surface area contributed by atoms with E-state index in [2.05, 4.69) is 16.0 Å². The molecule has 3 rings (SSSR count). The van der Waals surface area contributed by atoms with Gasteiger partial charge in [-0.3, -0.25) is 0 Å². The number of imidazole rings is 1. The summed E-state index contributed by atoms with van der Waals surface area (Å²) < 4.78 is 32.4. The van der Waals surface area contributed by atoms with Crippen molar-refractivity contribution in [1.82, 2.24) is 14.5 Å². The van der Waals surface area contributed by atoms with Gasteiger partial charge in [0.15, 0.2) is 0 Å². The third kappa shape index (κ3) is 2.81. The summed E-state index contributed by atoms with van der Waals surface area (Å²) in [4.78, 5) is 8.17. The molecule has 0 spiro atoms. The first-order valence-electron chi connectivity index (χ1n) is 9.28. The number of nitrogens with zero attached hydrogens (tertiary/aromatic N) is 4. The molecule has 0 amide bonds. The second-order valence-corrected chi connectivity index (χ2v) is 6.07. The molecule has 6 heteroatoms. The van der Waals surface area contributed by atoms with Gasteiger partial charge in [0.2, 0.25) is 0 Å². The Morgan fingerprint density at radius 3 is 3.05 bits per heavy atom. The van der Waals surface area contributed by atoms with Crippen molar-refractivity contribution in [3.8, 4) is 6.07 Å². The fraction of sp³-hybridized carbons (Fsp3) is 0.562. The molecule has 0 saturated heterocycles. The number of pyridine rings is 1. The maximum Gasteiger partial charge on any atom is 0.138 e. The van der Waals surface area contributed by atoms with Crippen LogP contribution < -0.4 is 0 Å². The number of fused-ring (bicyclic) bond motifs is 1. The van der Waals surface area contributed by atoms with E-state index >= 15 is 0 Å². The summed E-state index contributed by atoms with van der Waals surface area (Å²) in [5, 5.41) is 19.6. The van der Waals surface area contributed by atoms with Crippen LogP contribution in [0.2, 0.25) is 5.15 Å². The van der Waals surface area contributed by atoms with Gasteiger partial charge in [-0.2, -0.15) is 5.26 Å². The molecule has 1 aliphatic carbocycles. The van der Waals surface area contributed by atoms with Crippen molar-refractivity contribution in [3.63, 3.8) is 0 Å². The fourth-order valence-corrected chi connectivity index (χ4v) is 3.40. The van der Waals surface area contributed by atoms with Crippen LogP contribution in [0.25, 0.3) is 11.0 Å². The maximum absolute atomic E-state index is 10.5. The minimum atomic E-state index is -2.96. The predicted molar refractivity (Wildman–Crippen MR) is 84.4 cm³/mol. The molecule has 1 N–H and O–H groups in total. The largest absolute Gasteiger partial charge is 0.385 e. The average molecular weight is 323 g/mol. The van der Waals surface area contributed by atoms with Gasteiger partial charge in [-0.05, 0) is 38.5 Å². The first-order valence-corrected chi connectivity index (χ1v) is 7.66. The van der Waals surface area contributed by atoms with E-state index in [1.165, 1.54) is 6.20 Å². The van der Waals surface area contributed by atoms with Crippen LogP contribution in [0.3, 0.4) is 0 Å². The van der Waals surface area contributed by atoms with Gasteiger partial charge in [0.05, 0.1) is 19.2 Å². The summed E-state index contributed by atoms with van der Waals surface area (Å²) in [5.74, 6) is 0.0949. The SMILES string of the molecule is [2H]C([2H])([2H])C([2H])(O)c1nc2cnc(Cl)cc2n1[C@H]1CC[C@H](CC#N)CC1. The van der Waals surface area contributed by atoms with Crippen molar-refractivity contribution in [3.05, 3.63) is 23.2 Å². The van der Waals surface area contributed by atoms with Crippen LogP contribution in [0.5, 0.6) is 0 Å². The van der Waals surface area contributed by atoms with Crippen molar-refractivity contribution < 1.29 is 10.6 Å².